The Bertz CT molecular complexity index is 599. The van der Waals surface area contributed by atoms with Crippen LogP contribution in [0.25, 0.3) is 0 Å². The molecule has 0 aromatic heterocycles. The Balaban J connectivity index is 2.00. The number of nitrogens with zero attached hydrogens (tertiary/aromatic N) is 3. The summed E-state index contributed by atoms with van der Waals surface area (Å²) in [7, 11) is -1.82. The second-order valence-electron chi connectivity index (χ2n) is 5.35. The second-order valence-corrected chi connectivity index (χ2v) is 7.40. The molecule has 0 amide bonds. The lowest BCUT2D eigenvalue weighted by Crippen LogP contribution is -2.35. The highest BCUT2D eigenvalue weighted by Gasteiger charge is 2.21. The molecule has 0 N–H and O–H groups in total. The summed E-state index contributed by atoms with van der Waals surface area (Å²) in [6.45, 7) is 3.41. The van der Waals surface area contributed by atoms with Crippen molar-refractivity contribution in [1.29, 1.82) is 5.26 Å². The number of sulfonamides is 1. The first kappa shape index (κ1) is 16.0. The SMILES string of the molecule is CN(CCN1CCCC1)S(=O)(=O)c1ccc(CC#N)cc1. The average Bonchev–Trinajstić information content (AvgIpc) is 2.99. The maximum absolute atomic E-state index is 12.4. The van der Waals surface area contributed by atoms with E-state index in [1.54, 1.807) is 31.3 Å². The van der Waals surface area contributed by atoms with Crippen molar-refractivity contribution in [3.05, 3.63) is 29.8 Å². The minimum Gasteiger partial charge on any atom is -0.302 e. The molecule has 1 fully saturated rings. The highest BCUT2D eigenvalue weighted by molar-refractivity contribution is 7.89. The van der Waals surface area contributed by atoms with Gasteiger partial charge in [-0.3, -0.25) is 0 Å². The second kappa shape index (κ2) is 7.03. The van der Waals surface area contributed by atoms with Crippen LogP contribution in [0.15, 0.2) is 29.2 Å². The quantitative estimate of drug-likeness (QED) is 0.798. The van der Waals surface area contributed by atoms with Crippen LogP contribution in [0, 0.1) is 11.3 Å². The van der Waals surface area contributed by atoms with E-state index in [1.165, 1.54) is 17.1 Å². The van der Waals surface area contributed by atoms with E-state index in [1.807, 2.05) is 0 Å². The summed E-state index contributed by atoms with van der Waals surface area (Å²) in [5.41, 5.74) is 0.830. The fourth-order valence-corrected chi connectivity index (χ4v) is 3.62. The van der Waals surface area contributed by atoms with Crippen molar-refractivity contribution in [3.63, 3.8) is 0 Å². The molecule has 1 aromatic rings. The molecule has 0 radical (unpaired) electrons. The standard InChI is InChI=1S/C15H21N3O2S/c1-17(12-13-18-10-2-3-11-18)21(19,20)15-6-4-14(5-7-15)8-9-16/h4-7H,2-3,8,10-13H2,1H3. The number of hydrogen-bond donors (Lipinski definition) is 0. The van der Waals surface area contributed by atoms with E-state index >= 15 is 0 Å². The van der Waals surface area contributed by atoms with Gasteiger partial charge in [-0.2, -0.15) is 9.57 Å². The van der Waals surface area contributed by atoms with Crippen LogP contribution in [0.4, 0.5) is 0 Å². The molecule has 1 aromatic carbocycles. The summed E-state index contributed by atoms with van der Waals surface area (Å²) in [5.74, 6) is 0. The summed E-state index contributed by atoms with van der Waals surface area (Å²) in [5, 5.41) is 8.63. The molecular weight excluding hydrogens is 286 g/mol. The molecule has 0 atom stereocenters. The molecule has 1 heterocycles. The predicted molar refractivity (Wildman–Crippen MR) is 81.2 cm³/mol. The van der Waals surface area contributed by atoms with Crippen molar-refractivity contribution < 1.29 is 8.42 Å². The van der Waals surface area contributed by atoms with Crippen LogP contribution in [0.2, 0.25) is 0 Å². The van der Waals surface area contributed by atoms with E-state index < -0.39 is 10.0 Å². The van der Waals surface area contributed by atoms with Crippen molar-refractivity contribution >= 4 is 10.0 Å². The number of hydrogen-bond acceptors (Lipinski definition) is 4. The Morgan fingerprint density at radius 3 is 2.43 bits per heavy atom. The molecule has 0 bridgehead atoms. The van der Waals surface area contributed by atoms with E-state index in [4.69, 9.17) is 5.26 Å². The number of likely N-dealkylation sites (N-methyl/N-ethyl adjacent to an activating group) is 1. The third-order valence-corrected chi connectivity index (χ3v) is 5.72. The van der Waals surface area contributed by atoms with Gasteiger partial charge in [-0.1, -0.05) is 12.1 Å². The normalized spacial score (nSPS) is 16.2. The molecule has 1 aliphatic rings. The first-order chi connectivity index (χ1) is 10.0. The van der Waals surface area contributed by atoms with Crippen molar-refractivity contribution in [2.24, 2.45) is 0 Å². The van der Waals surface area contributed by atoms with Gasteiger partial charge < -0.3 is 4.90 Å². The van der Waals surface area contributed by atoms with Gasteiger partial charge in [-0.05, 0) is 43.6 Å². The van der Waals surface area contributed by atoms with Gasteiger partial charge >= 0.3 is 0 Å². The number of nitriles is 1. The molecule has 0 saturated carbocycles. The Hall–Kier alpha value is -1.42. The van der Waals surface area contributed by atoms with Crippen LogP contribution in [-0.4, -0.2) is 50.8 Å². The van der Waals surface area contributed by atoms with Gasteiger partial charge in [0, 0.05) is 20.1 Å². The van der Waals surface area contributed by atoms with Gasteiger partial charge in [0.05, 0.1) is 17.4 Å². The van der Waals surface area contributed by atoms with Gasteiger partial charge in [0.1, 0.15) is 0 Å². The smallest absolute Gasteiger partial charge is 0.242 e. The van der Waals surface area contributed by atoms with Crippen LogP contribution in [-0.2, 0) is 16.4 Å². The van der Waals surface area contributed by atoms with Crippen LogP contribution in [0.1, 0.15) is 18.4 Å². The van der Waals surface area contributed by atoms with Crippen LogP contribution >= 0.6 is 0 Å². The monoisotopic (exact) mass is 307 g/mol. The summed E-state index contributed by atoms with van der Waals surface area (Å²) >= 11 is 0. The number of rotatable bonds is 6. The number of likely N-dealkylation sites (tertiary alicyclic amines) is 1. The van der Waals surface area contributed by atoms with Crippen LogP contribution < -0.4 is 0 Å². The molecule has 2 rings (SSSR count). The van der Waals surface area contributed by atoms with E-state index in [0.29, 0.717) is 13.0 Å². The zero-order valence-corrected chi connectivity index (χ0v) is 13.1. The van der Waals surface area contributed by atoms with Crippen molar-refractivity contribution in [2.45, 2.75) is 24.2 Å². The van der Waals surface area contributed by atoms with E-state index in [9.17, 15) is 8.42 Å². The molecule has 0 unspecified atom stereocenters. The predicted octanol–water partition coefficient (Wildman–Crippen LogP) is 1.47. The van der Waals surface area contributed by atoms with Gasteiger partial charge in [0.25, 0.3) is 0 Å². The lowest BCUT2D eigenvalue weighted by atomic mass is 10.2. The molecule has 0 aliphatic carbocycles. The Labute approximate surface area is 126 Å². The maximum atomic E-state index is 12.4. The first-order valence-corrected chi connectivity index (χ1v) is 8.62. The maximum Gasteiger partial charge on any atom is 0.242 e. The van der Waals surface area contributed by atoms with Gasteiger partial charge in [-0.15, -0.1) is 0 Å². The average molecular weight is 307 g/mol. The fourth-order valence-electron chi connectivity index (χ4n) is 2.46. The minimum atomic E-state index is -3.44. The highest BCUT2D eigenvalue weighted by atomic mass is 32.2. The first-order valence-electron chi connectivity index (χ1n) is 7.18. The lowest BCUT2D eigenvalue weighted by molar-refractivity contribution is 0.310. The van der Waals surface area contributed by atoms with E-state index in [2.05, 4.69) is 11.0 Å². The molecule has 0 spiro atoms. The van der Waals surface area contributed by atoms with Crippen molar-refractivity contribution in [2.75, 3.05) is 33.2 Å². The molecule has 114 valence electrons. The molecule has 1 saturated heterocycles. The van der Waals surface area contributed by atoms with Crippen LogP contribution in [0.5, 0.6) is 0 Å². The summed E-state index contributed by atoms with van der Waals surface area (Å²) in [4.78, 5) is 2.58. The minimum absolute atomic E-state index is 0.285. The Morgan fingerprint density at radius 2 is 1.86 bits per heavy atom. The van der Waals surface area contributed by atoms with E-state index in [-0.39, 0.29) is 4.90 Å². The molecule has 5 nitrogen and oxygen atoms in total. The van der Waals surface area contributed by atoms with Crippen LogP contribution in [0.3, 0.4) is 0 Å². The lowest BCUT2D eigenvalue weighted by Gasteiger charge is -2.21. The topological polar surface area (TPSA) is 64.4 Å². The largest absolute Gasteiger partial charge is 0.302 e. The highest BCUT2D eigenvalue weighted by Crippen LogP contribution is 2.16. The zero-order valence-electron chi connectivity index (χ0n) is 12.3. The van der Waals surface area contributed by atoms with Gasteiger partial charge in [0.2, 0.25) is 10.0 Å². The van der Waals surface area contributed by atoms with Gasteiger partial charge in [0.15, 0.2) is 0 Å². The van der Waals surface area contributed by atoms with Gasteiger partial charge in [-0.25, -0.2) is 8.42 Å². The summed E-state index contributed by atoms with van der Waals surface area (Å²) < 4.78 is 26.3. The molecule has 1 aliphatic heterocycles. The Kier molecular flexibility index (Phi) is 5.34. The van der Waals surface area contributed by atoms with Crippen molar-refractivity contribution in [3.8, 4) is 6.07 Å². The summed E-state index contributed by atoms with van der Waals surface area (Å²) in [6, 6.07) is 8.60. The fraction of sp³-hybridized carbons (Fsp3) is 0.533. The van der Waals surface area contributed by atoms with E-state index in [0.717, 1.165) is 25.2 Å². The molecule has 6 heteroatoms. The number of benzene rings is 1. The molecule has 21 heavy (non-hydrogen) atoms. The zero-order chi connectivity index (χ0) is 15.3. The Morgan fingerprint density at radius 1 is 1.24 bits per heavy atom. The third kappa shape index (κ3) is 4.03. The third-order valence-electron chi connectivity index (χ3n) is 3.84. The van der Waals surface area contributed by atoms with Crippen molar-refractivity contribution in [1.82, 2.24) is 9.21 Å². The molecular formula is C15H21N3O2S. The summed E-state index contributed by atoms with van der Waals surface area (Å²) in [6.07, 6.45) is 2.71.